The molecule has 0 aromatic heterocycles. The summed E-state index contributed by atoms with van der Waals surface area (Å²) in [6.07, 6.45) is 2.15. The number of carbonyl (C=O) groups is 1. The monoisotopic (exact) mass is 437 g/mol. The number of esters is 1. The second-order valence-electron chi connectivity index (χ2n) is 9.37. The van der Waals surface area contributed by atoms with Gasteiger partial charge >= 0.3 is 5.97 Å². The minimum atomic E-state index is -2.75. The van der Waals surface area contributed by atoms with Crippen LogP contribution in [0.15, 0.2) is 72.3 Å². The van der Waals surface area contributed by atoms with E-state index in [0.29, 0.717) is 18.6 Å². The fourth-order valence-electron chi connectivity index (χ4n) is 4.60. The molecule has 4 nitrogen and oxygen atoms in total. The van der Waals surface area contributed by atoms with E-state index in [9.17, 15) is 4.79 Å². The molecule has 1 aliphatic rings. The molecular weight excluding hydrogens is 402 g/mol. The van der Waals surface area contributed by atoms with Gasteiger partial charge in [-0.1, -0.05) is 94.4 Å². The van der Waals surface area contributed by atoms with Gasteiger partial charge in [-0.15, -0.1) is 0 Å². The van der Waals surface area contributed by atoms with Gasteiger partial charge in [0.05, 0.1) is 12.7 Å². The van der Waals surface area contributed by atoms with Crippen LogP contribution in [0.2, 0.25) is 5.04 Å². The third-order valence-corrected chi connectivity index (χ3v) is 11.3. The van der Waals surface area contributed by atoms with Crippen LogP contribution in [0, 0.1) is 5.92 Å². The number of carbonyl (C=O) groups excluding carboxylic acids is 1. The van der Waals surface area contributed by atoms with Crippen LogP contribution in [-0.2, 0) is 14.0 Å². The molecule has 2 N–H and O–H groups in total. The van der Waals surface area contributed by atoms with Gasteiger partial charge in [-0.3, -0.25) is 0 Å². The predicted molar refractivity (Wildman–Crippen MR) is 129 cm³/mol. The van der Waals surface area contributed by atoms with Crippen LogP contribution in [0.1, 0.15) is 41.0 Å². The second kappa shape index (κ2) is 9.51. The summed E-state index contributed by atoms with van der Waals surface area (Å²) >= 11 is 0. The van der Waals surface area contributed by atoms with Crippen LogP contribution in [0.25, 0.3) is 0 Å². The molecule has 5 heteroatoms. The Morgan fingerprint density at radius 2 is 1.55 bits per heavy atom. The van der Waals surface area contributed by atoms with Crippen molar-refractivity contribution in [1.82, 2.24) is 0 Å². The maximum Gasteiger partial charge on any atom is 0.333 e. The van der Waals surface area contributed by atoms with Crippen molar-refractivity contribution in [2.45, 2.75) is 58.2 Å². The van der Waals surface area contributed by atoms with Crippen molar-refractivity contribution < 1.29 is 14.0 Å². The van der Waals surface area contributed by atoms with Crippen molar-refractivity contribution >= 4 is 24.7 Å². The molecule has 2 aromatic rings. The van der Waals surface area contributed by atoms with Gasteiger partial charge in [-0.25, -0.2) is 4.79 Å². The lowest BCUT2D eigenvalue weighted by molar-refractivity contribution is -0.139. The molecule has 1 aliphatic carbocycles. The summed E-state index contributed by atoms with van der Waals surface area (Å²) in [7, 11) is -2.75. The van der Waals surface area contributed by atoms with E-state index in [2.05, 4.69) is 69.3 Å². The predicted octanol–water partition coefficient (Wildman–Crippen LogP) is 3.79. The first-order chi connectivity index (χ1) is 14.7. The fourth-order valence-corrected chi connectivity index (χ4v) is 9.31. The van der Waals surface area contributed by atoms with E-state index in [0.717, 1.165) is 0 Å². The molecule has 3 rings (SSSR count). The van der Waals surface area contributed by atoms with Gasteiger partial charge in [-0.2, -0.15) is 0 Å². The van der Waals surface area contributed by atoms with Crippen molar-refractivity contribution in [1.29, 1.82) is 0 Å². The molecule has 0 fully saturated rings. The van der Waals surface area contributed by atoms with Crippen LogP contribution in [0.5, 0.6) is 0 Å². The van der Waals surface area contributed by atoms with Crippen LogP contribution < -0.4 is 16.1 Å². The van der Waals surface area contributed by atoms with Crippen molar-refractivity contribution in [2.75, 3.05) is 6.61 Å². The van der Waals surface area contributed by atoms with E-state index < -0.39 is 8.32 Å². The van der Waals surface area contributed by atoms with Crippen molar-refractivity contribution in [3.05, 3.63) is 72.3 Å². The van der Waals surface area contributed by atoms with Gasteiger partial charge in [-0.05, 0) is 28.3 Å². The van der Waals surface area contributed by atoms with E-state index in [-0.39, 0.29) is 29.1 Å². The maximum atomic E-state index is 12.5. The SMILES string of the molecule is CCOC(=O)C1=C[C@H](C)[C@H](N)[C@@H](O[Si](c2ccccc2)(c2ccccc2)C(C)(C)C)C1. The lowest BCUT2D eigenvalue weighted by Crippen LogP contribution is -2.69. The number of rotatable bonds is 6. The van der Waals surface area contributed by atoms with Crippen LogP contribution in [0.3, 0.4) is 0 Å². The van der Waals surface area contributed by atoms with Crippen LogP contribution in [-0.4, -0.2) is 33.0 Å². The minimum Gasteiger partial charge on any atom is -0.463 e. The molecule has 0 unspecified atom stereocenters. The van der Waals surface area contributed by atoms with Crippen LogP contribution >= 0.6 is 0 Å². The minimum absolute atomic E-state index is 0.0244. The third-order valence-electron chi connectivity index (χ3n) is 6.20. The van der Waals surface area contributed by atoms with E-state index in [1.54, 1.807) is 0 Å². The van der Waals surface area contributed by atoms with Gasteiger partial charge in [0, 0.05) is 18.0 Å². The lowest BCUT2D eigenvalue weighted by atomic mass is 9.85. The summed E-state index contributed by atoms with van der Waals surface area (Å²) in [6, 6.07) is 20.8. The topological polar surface area (TPSA) is 61.5 Å². The Balaban J connectivity index is 2.11. The van der Waals surface area contributed by atoms with Gasteiger partial charge in [0.15, 0.2) is 0 Å². The highest BCUT2D eigenvalue weighted by molar-refractivity contribution is 6.99. The molecular formula is C26H35NO3Si. The third kappa shape index (κ3) is 4.69. The van der Waals surface area contributed by atoms with Gasteiger partial charge in [0.1, 0.15) is 0 Å². The largest absolute Gasteiger partial charge is 0.463 e. The lowest BCUT2D eigenvalue weighted by Gasteiger charge is -2.47. The molecule has 2 aromatic carbocycles. The molecule has 0 aliphatic heterocycles. The van der Waals surface area contributed by atoms with Crippen molar-refractivity contribution in [3.63, 3.8) is 0 Å². The maximum absolute atomic E-state index is 12.5. The zero-order chi connectivity index (χ0) is 22.6. The zero-order valence-electron chi connectivity index (χ0n) is 19.3. The summed E-state index contributed by atoms with van der Waals surface area (Å²) in [5.41, 5.74) is 7.33. The summed E-state index contributed by atoms with van der Waals surface area (Å²) < 4.78 is 12.5. The van der Waals surface area contributed by atoms with Gasteiger partial charge in [0.25, 0.3) is 8.32 Å². The normalized spacial score (nSPS) is 22.0. The first-order valence-electron chi connectivity index (χ1n) is 11.1. The molecule has 166 valence electrons. The Morgan fingerprint density at radius 3 is 2.00 bits per heavy atom. The Morgan fingerprint density at radius 1 is 1.03 bits per heavy atom. The Labute approximate surface area is 187 Å². The molecule has 0 bridgehead atoms. The number of ether oxygens (including phenoxy) is 1. The standard InChI is InChI=1S/C26H35NO3Si/c1-6-29-25(28)20-17-19(2)24(27)23(18-20)30-31(26(3,4)5,21-13-9-7-10-14-21)22-15-11-8-12-16-22/h7-17,19,23-24H,6,18,27H2,1-5H3/t19-,23-,24-/m0/s1. The number of nitrogens with two attached hydrogens (primary N) is 1. The summed E-state index contributed by atoms with van der Waals surface area (Å²) in [6.45, 7) is 11.0. The number of benzene rings is 2. The Hall–Kier alpha value is -2.21. The molecule has 0 saturated heterocycles. The van der Waals surface area contributed by atoms with Crippen LogP contribution in [0.4, 0.5) is 0 Å². The molecule has 31 heavy (non-hydrogen) atoms. The molecule has 0 spiro atoms. The van der Waals surface area contributed by atoms with E-state index in [1.165, 1.54) is 10.4 Å². The second-order valence-corrected chi connectivity index (χ2v) is 13.6. The molecule has 0 radical (unpaired) electrons. The number of hydrogen-bond acceptors (Lipinski definition) is 4. The highest BCUT2D eigenvalue weighted by atomic mass is 28.4. The molecule has 3 atom stereocenters. The highest BCUT2D eigenvalue weighted by Crippen LogP contribution is 2.39. The van der Waals surface area contributed by atoms with Crippen molar-refractivity contribution in [3.8, 4) is 0 Å². The average Bonchev–Trinajstić information content (AvgIpc) is 2.75. The van der Waals surface area contributed by atoms with E-state index in [4.69, 9.17) is 14.9 Å². The number of hydrogen-bond donors (Lipinski definition) is 1. The van der Waals surface area contributed by atoms with E-state index in [1.807, 2.05) is 32.1 Å². The van der Waals surface area contributed by atoms with Gasteiger partial charge < -0.3 is 14.9 Å². The zero-order valence-corrected chi connectivity index (χ0v) is 20.3. The quantitative estimate of drug-likeness (QED) is 0.552. The highest BCUT2D eigenvalue weighted by Gasteiger charge is 2.52. The first-order valence-corrected chi connectivity index (χ1v) is 13.0. The van der Waals surface area contributed by atoms with Gasteiger partial charge in [0.2, 0.25) is 0 Å². The Bertz CT molecular complexity index is 866. The summed E-state index contributed by atoms with van der Waals surface area (Å²) in [4.78, 5) is 12.5. The fraction of sp³-hybridized carbons (Fsp3) is 0.423. The summed E-state index contributed by atoms with van der Waals surface area (Å²) in [5, 5.41) is 2.27. The smallest absolute Gasteiger partial charge is 0.333 e. The molecule has 0 amide bonds. The molecule has 0 saturated carbocycles. The summed E-state index contributed by atoms with van der Waals surface area (Å²) in [5.74, 6) is -0.242. The average molecular weight is 438 g/mol. The van der Waals surface area contributed by atoms with E-state index >= 15 is 0 Å². The van der Waals surface area contributed by atoms with Crippen molar-refractivity contribution in [2.24, 2.45) is 11.7 Å². The molecule has 0 heterocycles. The Kier molecular flexibility index (Phi) is 7.19. The first kappa shape index (κ1) is 23.5.